The predicted molar refractivity (Wildman–Crippen MR) is 94.5 cm³/mol. The topological polar surface area (TPSA) is 70.3 Å². The molecular weight excluding hydrogens is 288 g/mol. The van der Waals surface area contributed by atoms with Crippen LogP contribution in [0.2, 0.25) is 0 Å². The molecule has 0 amide bonds. The van der Waals surface area contributed by atoms with Crippen LogP contribution in [-0.2, 0) is 6.54 Å². The molecule has 1 saturated heterocycles. The second-order valence-electron chi connectivity index (χ2n) is 5.72. The van der Waals surface area contributed by atoms with E-state index < -0.39 is 0 Å². The van der Waals surface area contributed by atoms with Gasteiger partial charge in [-0.1, -0.05) is 37.3 Å². The number of hydrogen-bond acceptors (Lipinski definition) is 6. The van der Waals surface area contributed by atoms with Crippen molar-refractivity contribution in [2.24, 2.45) is 0 Å². The van der Waals surface area contributed by atoms with Gasteiger partial charge in [-0.05, 0) is 12.1 Å². The van der Waals surface area contributed by atoms with Crippen molar-refractivity contribution in [1.82, 2.24) is 14.9 Å². The first-order chi connectivity index (χ1) is 11.3. The van der Waals surface area contributed by atoms with Crippen LogP contribution in [0.5, 0.6) is 0 Å². The molecule has 0 atom stereocenters. The van der Waals surface area contributed by atoms with E-state index >= 15 is 0 Å². The van der Waals surface area contributed by atoms with E-state index in [1.165, 1.54) is 5.56 Å². The molecule has 3 rings (SSSR count). The first kappa shape index (κ1) is 15.6. The van der Waals surface area contributed by atoms with E-state index in [0.29, 0.717) is 18.1 Å². The molecule has 23 heavy (non-hydrogen) atoms. The van der Waals surface area contributed by atoms with E-state index in [0.717, 1.165) is 38.5 Å². The lowest BCUT2D eigenvalue weighted by molar-refractivity contribution is 0.270. The first-order valence-corrected chi connectivity index (χ1v) is 8.13. The van der Waals surface area contributed by atoms with E-state index in [1.807, 2.05) is 18.2 Å². The SMILES string of the molecule is CCN1CCN(c2ncnc(NCc3ccccc3)c2N)CC1. The van der Waals surface area contributed by atoms with E-state index in [-0.39, 0.29) is 0 Å². The molecule has 1 aromatic heterocycles. The van der Waals surface area contributed by atoms with E-state index in [1.54, 1.807) is 6.33 Å². The number of nitrogens with two attached hydrogens (primary N) is 1. The van der Waals surface area contributed by atoms with Gasteiger partial charge in [0, 0.05) is 32.7 Å². The van der Waals surface area contributed by atoms with Gasteiger partial charge < -0.3 is 20.9 Å². The Morgan fingerprint density at radius 2 is 1.83 bits per heavy atom. The Balaban J connectivity index is 1.69. The van der Waals surface area contributed by atoms with Gasteiger partial charge in [-0.15, -0.1) is 0 Å². The number of nitrogen functional groups attached to an aromatic ring is 1. The summed E-state index contributed by atoms with van der Waals surface area (Å²) < 4.78 is 0. The van der Waals surface area contributed by atoms with Crippen LogP contribution in [0.1, 0.15) is 12.5 Å². The Hall–Kier alpha value is -2.34. The van der Waals surface area contributed by atoms with Crippen LogP contribution in [0.3, 0.4) is 0 Å². The van der Waals surface area contributed by atoms with Crippen LogP contribution >= 0.6 is 0 Å². The maximum Gasteiger partial charge on any atom is 0.157 e. The second kappa shape index (κ2) is 7.28. The van der Waals surface area contributed by atoms with Crippen LogP contribution < -0.4 is 16.0 Å². The number of hydrogen-bond donors (Lipinski definition) is 2. The minimum Gasteiger partial charge on any atom is -0.393 e. The molecule has 1 fully saturated rings. The summed E-state index contributed by atoms with van der Waals surface area (Å²) in [5, 5.41) is 3.32. The molecule has 2 aromatic rings. The molecule has 1 aliphatic heterocycles. The Morgan fingerprint density at radius 3 is 2.52 bits per heavy atom. The fraction of sp³-hybridized carbons (Fsp3) is 0.412. The van der Waals surface area contributed by atoms with Crippen LogP contribution in [0.25, 0.3) is 0 Å². The van der Waals surface area contributed by atoms with Gasteiger partial charge in [0.05, 0.1) is 0 Å². The summed E-state index contributed by atoms with van der Waals surface area (Å²) >= 11 is 0. The van der Waals surface area contributed by atoms with Crippen molar-refractivity contribution >= 4 is 17.3 Å². The fourth-order valence-electron chi connectivity index (χ4n) is 2.84. The number of anilines is 3. The minimum absolute atomic E-state index is 0.633. The third-order valence-electron chi connectivity index (χ3n) is 4.28. The monoisotopic (exact) mass is 312 g/mol. The summed E-state index contributed by atoms with van der Waals surface area (Å²) in [4.78, 5) is 13.4. The van der Waals surface area contributed by atoms with E-state index in [9.17, 15) is 0 Å². The zero-order valence-electron chi connectivity index (χ0n) is 13.6. The number of benzene rings is 1. The van der Waals surface area contributed by atoms with Gasteiger partial charge in [0.1, 0.15) is 12.0 Å². The lowest BCUT2D eigenvalue weighted by atomic mass is 10.2. The summed E-state index contributed by atoms with van der Waals surface area (Å²) in [6.45, 7) is 7.99. The van der Waals surface area contributed by atoms with Crippen molar-refractivity contribution in [3.63, 3.8) is 0 Å². The van der Waals surface area contributed by atoms with Crippen molar-refractivity contribution in [3.8, 4) is 0 Å². The minimum atomic E-state index is 0.633. The van der Waals surface area contributed by atoms with Crippen molar-refractivity contribution in [1.29, 1.82) is 0 Å². The zero-order chi connectivity index (χ0) is 16.1. The van der Waals surface area contributed by atoms with Gasteiger partial charge in [0.15, 0.2) is 11.6 Å². The van der Waals surface area contributed by atoms with Gasteiger partial charge in [0.25, 0.3) is 0 Å². The number of piperazine rings is 1. The fourth-order valence-corrected chi connectivity index (χ4v) is 2.84. The maximum absolute atomic E-state index is 6.30. The molecule has 1 aromatic carbocycles. The Bertz CT molecular complexity index is 622. The molecule has 0 unspecified atom stereocenters. The van der Waals surface area contributed by atoms with Crippen LogP contribution in [0, 0.1) is 0 Å². The standard InChI is InChI=1S/C17H24N6/c1-2-22-8-10-23(11-9-22)17-15(18)16(20-13-21-17)19-12-14-6-4-3-5-7-14/h3-7,13H,2,8-12,18H2,1H3,(H,19,20,21). The van der Waals surface area contributed by atoms with E-state index in [4.69, 9.17) is 5.73 Å². The van der Waals surface area contributed by atoms with Gasteiger partial charge in [-0.2, -0.15) is 0 Å². The Kier molecular flexibility index (Phi) is 4.92. The molecule has 2 heterocycles. The summed E-state index contributed by atoms with van der Waals surface area (Å²) in [5.74, 6) is 1.54. The average molecular weight is 312 g/mol. The highest BCUT2D eigenvalue weighted by Gasteiger charge is 2.20. The van der Waals surface area contributed by atoms with Crippen LogP contribution in [0.4, 0.5) is 17.3 Å². The average Bonchev–Trinajstić information content (AvgIpc) is 2.62. The zero-order valence-corrected chi connectivity index (χ0v) is 13.6. The van der Waals surface area contributed by atoms with Crippen molar-refractivity contribution in [2.45, 2.75) is 13.5 Å². The quantitative estimate of drug-likeness (QED) is 0.877. The highest BCUT2D eigenvalue weighted by atomic mass is 15.3. The second-order valence-corrected chi connectivity index (χ2v) is 5.72. The van der Waals surface area contributed by atoms with E-state index in [2.05, 4.69) is 44.1 Å². The highest BCUT2D eigenvalue weighted by Crippen LogP contribution is 2.27. The van der Waals surface area contributed by atoms with Crippen molar-refractivity contribution in [3.05, 3.63) is 42.2 Å². The van der Waals surface area contributed by atoms with Crippen molar-refractivity contribution in [2.75, 3.05) is 48.7 Å². The summed E-state index contributed by atoms with van der Waals surface area (Å²) in [7, 11) is 0. The molecule has 6 heteroatoms. The molecule has 122 valence electrons. The first-order valence-electron chi connectivity index (χ1n) is 8.13. The lowest BCUT2D eigenvalue weighted by Crippen LogP contribution is -2.46. The van der Waals surface area contributed by atoms with Crippen LogP contribution in [0.15, 0.2) is 36.7 Å². The number of aromatic nitrogens is 2. The molecule has 0 saturated carbocycles. The Morgan fingerprint density at radius 1 is 1.09 bits per heavy atom. The normalized spacial score (nSPS) is 15.6. The largest absolute Gasteiger partial charge is 0.393 e. The molecule has 0 bridgehead atoms. The number of nitrogens with one attached hydrogen (secondary N) is 1. The number of likely N-dealkylation sites (N-methyl/N-ethyl adjacent to an activating group) is 1. The maximum atomic E-state index is 6.30. The van der Waals surface area contributed by atoms with Crippen LogP contribution in [-0.4, -0.2) is 47.6 Å². The molecule has 1 aliphatic rings. The number of rotatable bonds is 5. The molecule has 6 nitrogen and oxygen atoms in total. The summed E-state index contributed by atoms with van der Waals surface area (Å²) in [6.07, 6.45) is 1.59. The molecule has 0 spiro atoms. The third kappa shape index (κ3) is 3.71. The molecular formula is C17H24N6. The molecule has 0 aliphatic carbocycles. The molecule has 3 N–H and O–H groups in total. The predicted octanol–water partition coefficient (Wildman–Crippen LogP) is 1.81. The van der Waals surface area contributed by atoms with Gasteiger partial charge in [0.2, 0.25) is 0 Å². The van der Waals surface area contributed by atoms with Crippen molar-refractivity contribution < 1.29 is 0 Å². The summed E-state index contributed by atoms with van der Waals surface area (Å²) in [5.41, 5.74) is 8.13. The highest BCUT2D eigenvalue weighted by molar-refractivity contribution is 5.75. The lowest BCUT2D eigenvalue weighted by Gasteiger charge is -2.35. The third-order valence-corrected chi connectivity index (χ3v) is 4.28. The Labute approximate surface area is 137 Å². The van der Waals surface area contributed by atoms with Gasteiger partial charge in [-0.3, -0.25) is 0 Å². The van der Waals surface area contributed by atoms with Gasteiger partial charge >= 0.3 is 0 Å². The molecule has 0 radical (unpaired) electrons. The smallest absolute Gasteiger partial charge is 0.157 e. The number of nitrogens with zero attached hydrogens (tertiary/aromatic N) is 4. The summed E-state index contributed by atoms with van der Waals surface area (Å²) in [6, 6.07) is 10.2. The van der Waals surface area contributed by atoms with Gasteiger partial charge in [-0.25, -0.2) is 9.97 Å².